The van der Waals surface area contributed by atoms with Gasteiger partial charge in [-0.25, -0.2) is 4.39 Å². The second-order valence-electron chi connectivity index (χ2n) is 4.55. The molecule has 1 aromatic heterocycles. The molecular formula is C16H16FNO2. The van der Waals surface area contributed by atoms with Crippen molar-refractivity contribution in [1.29, 1.82) is 0 Å². The Kier molecular flexibility index (Phi) is 4.13. The second-order valence-corrected chi connectivity index (χ2v) is 4.55. The third kappa shape index (κ3) is 3.02. The largest absolute Gasteiger partial charge is 0.455 e. The molecule has 0 aliphatic rings. The van der Waals surface area contributed by atoms with Crippen molar-refractivity contribution in [2.24, 2.45) is 0 Å². The number of ether oxygens (including phenoxy) is 1. The van der Waals surface area contributed by atoms with Gasteiger partial charge in [0.2, 0.25) is 0 Å². The maximum absolute atomic E-state index is 13.2. The molecule has 0 aliphatic carbocycles. The van der Waals surface area contributed by atoms with Crippen LogP contribution < -0.4 is 4.74 Å². The number of Topliss-reactive ketones (excluding diaryl/α,β-unsaturated/α-hetero) is 1. The summed E-state index contributed by atoms with van der Waals surface area (Å²) < 4.78 is 19.0. The van der Waals surface area contributed by atoms with Gasteiger partial charge < -0.3 is 4.74 Å². The lowest BCUT2D eigenvalue weighted by Crippen LogP contribution is -2.01. The number of ketones is 1. The molecule has 4 heteroatoms. The maximum atomic E-state index is 13.2. The Morgan fingerprint density at radius 3 is 2.60 bits per heavy atom. The quantitative estimate of drug-likeness (QED) is 0.788. The number of rotatable bonds is 4. The number of hydrogen-bond donors (Lipinski definition) is 0. The molecule has 0 radical (unpaired) electrons. The summed E-state index contributed by atoms with van der Waals surface area (Å²) in [6.45, 7) is 5.27. The molecule has 0 N–H and O–H groups in total. The number of pyridine rings is 1. The minimum atomic E-state index is -0.458. The zero-order valence-electron chi connectivity index (χ0n) is 11.7. The summed E-state index contributed by atoms with van der Waals surface area (Å²) in [5, 5.41) is 0. The van der Waals surface area contributed by atoms with E-state index >= 15 is 0 Å². The normalized spacial score (nSPS) is 10.4. The first-order valence-corrected chi connectivity index (χ1v) is 6.46. The molecule has 0 fully saturated rings. The van der Waals surface area contributed by atoms with Crippen molar-refractivity contribution in [3.63, 3.8) is 0 Å². The zero-order valence-corrected chi connectivity index (χ0v) is 11.7. The molecule has 1 heterocycles. The molecule has 0 saturated carbocycles. The van der Waals surface area contributed by atoms with Gasteiger partial charge in [-0.2, -0.15) is 0 Å². The van der Waals surface area contributed by atoms with Crippen LogP contribution in [0.4, 0.5) is 4.39 Å². The van der Waals surface area contributed by atoms with Crippen LogP contribution in [-0.4, -0.2) is 10.8 Å². The fourth-order valence-electron chi connectivity index (χ4n) is 1.93. The zero-order chi connectivity index (χ0) is 14.7. The first kappa shape index (κ1) is 14.2. The van der Waals surface area contributed by atoms with Gasteiger partial charge in [-0.15, -0.1) is 0 Å². The van der Waals surface area contributed by atoms with Gasteiger partial charge in [0.15, 0.2) is 5.78 Å². The first-order chi connectivity index (χ1) is 9.51. The smallest absolute Gasteiger partial charge is 0.163 e. The lowest BCUT2D eigenvalue weighted by atomic mass is 10.1. The lowest BCUT2D eigenvalue weighted by molar-refractivity contribution is 0.101. The molecule has 2 aromatic rings. The summed E-state index contributed by atoms with van der Waals surface area (Å²) in [7, 11) is 0. The van der Waals surface area contributed by atoms with Gasteiger partial charge in [-0.05, 0) is 50.6 Å². The van der Waals surface area contributed by atoms with Crippen LogP contribution in [-0.2, 0) is 6.42 Å². The van der Waals surface area contributed by atoms with Gasteiger partial charge in [0, 0.05) is 5.69 Å². The third-order valence-corrected chi connectivity index (χ3v) is 2.95. The average molecular weight is 273 g/mol. The molecule has 1 aromatic carbocycles. The highest BCUT2D eigenvalue weighted by molar-refractivity contribution is 5.96. The molecular weight excluding hydrogens is 257 g/mol. The molecule has 0 bridgehead atoms. The van der Waals surface area contributed by atoms with Crippen molar-refractivity contribution in [3.05, 3.63) is 53.1 Å². The number of carbonyl (C=O) groups excluding carboxylic acids is 1. The summed E-state index contributed by atoms with van der Waals surface area (Å²) in [5.74, 6) is 0.240. The van der Waals surface area contributed by atoms with Crippen LogP contribution in [0.15, 0.2) is 30.3 Å². The van der Waals surface area contributed by atoms with Gasteiger partial charge in [-0.3, -0.25) is 9.78 Å². The van der Waals surface area contributed by atoms with Crippen molar-refractivity contribution in [3.8, 4) is 11.5 Å². The highest BCUT2D eigenvalue weighted by atomic mass is 19.1. The molecule has 0 unspecified atom stereocenters. The fourth-order valence-corrected chi connectivity index (χ4v) is 1.93. The van der Waals surface area contributed by atoms with Crippen LogP contribution in [0, 0.1) is 12.7 Å². The highest BCUT2D eigenvalue weighted by Crippen LogP contribution is 2.28. The molecule has 2 rings (SSSR count). The van der Waals surface area contributed by atoms with Gasteiger partial charge in [0.1, 0.15) is 17.3 Å². The minimum absolute atomic E-state index is 0.229. The van der Waals surface area contributed by atoms with E-state index in [9.17, 15) is 9.18 Å². The Morgan fingerprint density at radius 1 is 1.25 bits per heavy atom. The van der Waals surface area contributed by atoms with Gasteiger partial charge in [0.25, 0.3) is 0 Å². The maximum Gasteiger partial charge on any atom is 0.163 e. The number of aryl methyl sites for hydroxylation is 2. The number of carbonyl (C=O) groups is 1. The van der Waals surface area contributed by atoms with Crippen LogP contribution in [0.3, 0.4) is 0 Å². The molecule has 0 amide bonds. The van der Waals surface area contributed by atoms with E-state index in [1.54, 1.807) is 0 Å². The molecule has 104 valence electrons. The van der Waals surface area contributed by atoms with Crippen molar-refractivity contribution < 1.29 is 13.9 Å². The van der Waals surface area contributed by atoms with E-state index in [0.717, 1.165) is 11.4 Å². The number of benzene rings is 1. The van der Waals surface area contributed by atoms with E-state index in [-0.39, 0.29) is 11.3 Å². The van der Waals surface area contributed by atoms with Crippen LogP contribution >= 0.6 is 0 Å². The van der Waals surface area contributed by atoms with Crippen molar-refractivity contribution in [2.45, 2.75) is 27.2 Å². The molecule has 3 nitrogen and oxygen atoms in total. The Bertz CT molecular complexity index is 653. The van der Waals surface area contributed by atoms with Gasteiger partial charge >= 0.3 is 0 Å². The lowest BCUT2D eigenvalue weighted by Gasteiger charge is -2.12. The molecule has 0 aliphatic heterocycles. The van der Waals surface area contributed by atoms with E-state index in [1.807, 2.05) is 26.0 Å². The standard InChI is InChI=1S/C16H16FNO2/c1-4-14-16(7-5-10(2)18-14)20-15-8-6-12(17)9-13(15)11(3)19/h5-9H,4H2,1-3H3. The summed E-state index contributed by atoms with van der Waals surface area (Å²) in [6.07, 6.45) is 0.716. The first-order valence-electron chi connectivity index (χ1n) is 6.46. The molecule has 0 atom stereocenters. The van der Waals surface area contributed by atoms with Crippen LogP contribution in [0.25, 0.3) is 0 Å². The van der Waals surface area contributed by atoms with E-state index in [1.165, 1.54) is 25.1 Å². The Hall–Kier alpha value is -2.23. The summed E-state index contributed by atoms with van der Waals surface area (Å²) in [5.41, 5.74) is 1.94. The predicted octanol–water partition coefficient (Wildman–Crippen LogP) is 4.09. The molecule has 0 spiro atoms. The Labute approximate surface area is 117 Å². The van der Waals surface area contributed by atoms with Crippen molar-refractivity contribution in [1.82, 2.24) is 4.98 Å². The Balaban J connectivity index is 2.42. The highest BCUT2D eigenvalue weighted by Gasteiger charge is 2.13. The number of hydrogen-bond acceptors (Lipinski definition) is 3. The summed E-state index contributed by atoms with van der Waals surface area (Å²) in [6, 6.07) is 7.57. The van der Waals surface area contributed by atoms with E-state index in [4.69, 9.17) is 4.74 Å². The van der Waals surface area contributed by atoms with Crippen LogP contribution in [0.5, 0.6) is 11.5 Å². The fraction of sp³-hybridized carbons (Fsp3) is 0.250. The van der Waals surface area contributed by atoms with Gasteiger partial charge in [0.05, 0.1) is 11.3 Å². The molecule has 0 saturated heterocycles. The third-order valence-electron chi connectivity index (χ3n) is 2.95. The van der Waals surface area contributed by atoms with E-state index in [0.29, 0.717) is 17.9 Å². The van der Waals surface area contributed by atoms with Crippen LogP contribution in [0.1, 0.15) is 35.6 Å². The number of aromatic nitrogens is 1. The van der Waals surface area contributed by atoms with E-state index in [2.05, 4.69) is 4.98 Å². The topological polar surface area (TPSA) is 39.2 Å². The summed E-state index contributed by atoms with van der Waals surface area (Å²) >= 11 is 0. The second kappa shape index (κ2) is 5.82. The molecule has 20 heavy (non-hydrogen) atoms. The van der Waals surface area contributed by atoms with Crippen LogP contribution in [0.2, 0.25) is 0 Å². The SMILES string of the molecule is CCc1nc(C)ccc1Oc1ccc(F)cc1C(C)=O. The Morgan fingerprint density at radius 2 is 1.95 bits per heavy atom. The number of nitrogens with zero attached hydrogens (tertiary/aromatic N) is 1. The summed E-state index contributed by atoms with van der Waals surface area (Å²) in [4.78, 5) is 16.0. The monoisotopic (exact) mass is 273 g/mol. The van der Waals surface area contributed by atoms with Crippen molar-refractivity contribution in [2.75, 3.05) is 0 Å². The van der Waals surface area contributed by atoms with Crippen molar-refractivity contribution >= 4 is 5.78 Å². The predicted molar refractivity (Wildman–Crippen MR) is 74.8 cm³/mol. The average Bonchev–Trinajstić information content (AvgIpc) is 2.42. The van der Waals surface area contributed by atoms with E-state index < -0.39 is 5.82 Å². The minimum Gasteiger partial charge on any atom is -0.455 e. The van der Waals surface area contributed by atoms with Gasteiger partial charge in [-0.1, -0.05) is 6.92 Å². The number of halogens is 1.